The number of hydrogen-bond acceptors (Lipinski definition) is 4. The lowest BCUT2D eigenvalue weighted by Gasteiger charge is -2.35. The van der Waals surface area contributed by atoms with Gasteiger partial charge in [-0.15, -0.1) is 0 Å². The van der Waals surface area contributed by atoms with Crippen LogP contribution >= 0.6 is 0 Å². The average Bonchev–Trinajstić information content (AvgIpc) is 2.45. The molecule has 2 N–H and O–H groups in total. The molecule has 1 aromatic rings. The summed E-state index contributed by atoms with van der Waals surface area (Å²) in [5, 5.41) is 0. The number of hydrogen-bond donors (Lipinski definition) is 1. The normalized spacial score (nSPS) is 21.5. The fourth-order valence-electron chi connectivity index (χ4n) is 2.47. The summed E-state index contributed by atoms with van der Waals surface area (Å²) in [7, 11) is 0. The molecule has 1 heterocycles. The van der Waals surface area contributed by atoms with Crippen molar-refractivity contribution in [3.05, 3.63) is 29.6 Å². The fourth-order valence-corrected chi connectivity index (χ4v) is 2.47. The molecule has 1 fully saturated rings. The van der Waals surface area contributed by atoms with E-state index in [9.17, 15) is 4.39 Å². The lowest BCUT2D eigenvalue weighted by molar-refractivity contribution is -0.0564. The Morgan fingerprint density at radius 3 is 2.81 bits per heavy atom. The van der Waals surface area contributed by atoms with Crippen LogP contribution in [0.1, 0.15) is 32.4 Å². The smallest absolute Gasteiger partial charge is 0.131 e. The van der Waals surface area contributed by atoms with E-state index in [0.29, 0.717) is 30.6 Å². The molecule has 0 aromatic heterocycles. The first-order valence-electron chi connectivity index (χ1n) is 7.51. The topological polar surface area (TPSA) is 47.7 Å². The number of halogens is 1. The molecular formula is C16H25FN2O2. The van der Waals surface area contributed by atoms with Gasteiger partial charge in [0.2, 0.25) is 0 Å². The van der Waals surface area contributed by atoms with Crippen LogP contribution in [0.25, 0.3) is 0 Å². The first-order valence-corrected chi connectivity index (χ1v) is 7.51. The highest BCUT2D eigenvalue weighted by Gasteiger charge is 2.22. The van der Waals surface area contributed by atoms with Crippen LogP contribution in [0.3, 0.4) is 0 Å². The van der Waals surface area contributed by atoms with Gasteiger partial charge in [-0.2, -0.15) is 0 Å². The van der Waals surface area contributed by atoms with Crippen molar-refractivity contribution in [2.45, 2.75) is 39.0 Å². The van der Waals surface area contributed by atoms with Gasteiger partial charge in [0, 0.05) is 36.8 Å². The average molecular weight is 296 g/mol. The second-order valence-corrected chi connectivity index (χ2v) is 5.86. The van der Waals surface area contributed by atoms with Gasteiger partial charge in [0.05, 0.1) is 6.61 Å². The molecule has 0 amide bonds. The van der Waals surface area contributed by atoms with E-state index in [1.807, 2.05) is 0 Å². The molecule has 2 rings (SSSR count). The summed E-state index contributed by atoms with van der Waals surface area (Å²) in [5.74, 6) is 0.193. The first-order chi connectivity index (χ1) is 9.97. The molecule has 1 aliphatic rings. The maximum atomic E-state index is 13.8. The minimum atomic E-state index is -0.323. The Morgan fingerprint density at radius 2 is 2.19 bits per heavy atom. The number of nitrogens with two attached hydrogens (primary N) is 1. The SMILES string of the molecule is CC(C)N1CCOC(COc2ccc([C@@H](C)N)c(F)c2)C1. The zero-order valence-corrected chi connectivity index (χ0v) is 13.0. The van der Waals surface area contributed by atoms with Crippen molar-refractivity contribution in [3.63, 3.8) is 0 Å². The number of benzene rings is 1. The summed E-state index contributed by atoms with van der Waals surface area (Å²) in [5.41, 5.74) is 6.19. The molecule has 21 heavy (non-hydrogen) atoms. The van der Waals surface area contributed by atoms with Gasteiger partial charge in [-0.3, -0.25) is 4.90 Å². The number of nitrogens with zero attached hydrogens (tertiary/aromatic N) is 1. The minimum absolute atomic E-state index is 0.0253. The summed E-state index contributed by atoms with van der Waals surface area (Å²) < 4.78 is 25.2. The van der Waals surface area contributed by atoms with Crippen LogP contribution in [0.5, 0.6) is 5.75 Å². The summed E-state index contributed by atoms with van der Waals surface area (Å²) in [6, 6.07) is 5.00. The molecular weight excluding hydrogens is 271 g/mol. The molecule has 5 heteroatoms. The Labute approximate surface area is 126 Å². The summed E-state index contributed by atoms with van der Waals surface area (Å²) >= 11 is 0. The molecule has 0 aliphatic carbocycles. The van der Waals surface area contributed by atoms with Crippen LogP contribution in [0.15, 0.2) is 18.2 Å². The van der Waals surface area contributed by atoms with Gasteiger partial charge < -0.3 is 15.2 Å². The van der Waals surface area contributed by atoms with Crippen LogP contribution in [-0.2, 0) is 4.74 Å². The van der Waals surface area contributed by atoms with Crippen molar-refractivity contribution in [1.82, 2.24) is 4.90 Å². The molecule has 0 saturated carbocycles. The number of ether oxygens (including phenoxy) is 2. The third-order valence-electron chi connectivity index (χ3n) is 3.80. The van der Waals surface area contributed by atoms with E-state index in [4.69, 9.17) is 15.2 Å². The largest absolute Gasteiger partial charge is 0.491 e. The molecule has 118 valence electrons. The molecule has 0 bridgehead atoms. The monoisotopic (exact) mass is 296 g/mol. The molecule has 2 atom stereocenters. The Kier molecular flexibility index (Phi) is 5.56. The van der Waals surface area contributed by atoms with Crippen molar-refractivity contribution >= 4 is 0 Å². The molecule has 0 radical (unpaired) electrons. The van der Waals surface area contributed by atoms with Gasteiger partial charge in [0.1, 0.15) is 24.3 Å². The zero-order valence-electron chi connectivity index (χ0n) is 13.0. The Balaban J connectivity index is 1.89. The summed E-state index contributed by atoms with van der Waals surface area (Å²) in [6.07, 6.45) is 0.0253. The van der Waals surface area contributed by atoms with Crippen LogP contribution in [-0.4, -0.2) is 43.3 Å². The molecule has 1 aliphatic heterocycles. The summed E-state index contributed by atoms with van der Waals surface area (Å²) in [4.78, 5) is 2.36. The summed E-state index contributed by atoms with van der Waals surface area (Å²) in [6.45, 7) is 9.04. The highest BCUT2D eigenvalue weighted by atomic mass is 19.1. The van der Waals surface area contributed by atoms with Crippen molar-refractivity contribution in [1.29, 1.82) is 0 Å². The van der Waals surface area contributed by atoms with Gasteiger partial charge in [-0.25, -0.2) is 4.39 Å². The highest BCUT2D eigenvalue weighted by Crippen LogP contribution is 2.21. The predicted molar refractivity (Wildman–Crippen MR) is 80.9 cm³/mol. The quantitative estimate of drug-likeness (QED) is 0.906. The maximum absolute atomic E-state index is 13.8. The van der Waals surface area contributed by atoms with E-state index in [1.54, 1.807) is 19.1 Å². The highest BCUT2D eigenvalue weighted by molar-refractivity contribution is 5.30. The Morgan fingerprint density at radius 1 is 1.43 bits per heavy atom. The second-order valence-electron chi connectivity index (χ2n) is 5.86. The third-order valence-corrected chi connectivity index (χ3v) is 3.80. The van der Waals surface area contributed by atoms with E-state index in [1.165, 1.54) is 6.07 Å². The van der Waals surface area contributed by atoms with Crippen molar-refractivity contribution in [2.75, 3.05) is 26.3 Å². The maximum Gasteiger partial charge on any atom is 0.131 e. The van der Waals surface area contributed by atoms with Crippen LogP contribution in [0.2, 0.25) is 0 Å². The van der Waals surface area contributed by atoms with Gasteiger partial charge >= 0.3 is 0 Å². The van der Waals surface area contributed by atoms with E-state index in [-0.39, 0.29) is 18.0 Å². The fraction of sp³-hybridized carbons (Fsp3) is 0.625. The molecule has 4 nitrogen and oxygen atoms in total. The first kappa shape index (κ1) is 16.2. The predicted octanol–water partition coefficient (Wildman–Crippen LogP) is 2.33. The minimum Gasteiger partial charge on any atom is -0.491 e. The number of morpholine rings is 1. The Hall–Kier alpha value is -1.17. The molecule has 1 unspecified atom stereocenters. The molecule has 1 aromatic carbocycles. The van der Waals surface area contributed by atoms with E-state index < -0.39 is 0 Å². The van der Waals surface area contributed by atoms with Gasteiger partial charge in [0.15, 0.2) is 0 Å². The van der Waals surface area contributed by atoms with E-state index in [2.05, 4.69) is 18.7 Å². The Bertz CT molecular complexity index is 466. The standard InChI is InChI=1S/C16H25FN2O2/c1-11(2)19-6-7-20-14(9-19)10-21-13-4-5-15(12(3)18)16(17)8-13/h4-5,8,11-12,14H,6-7,9-10,18H2,1-3H3/t12-,14?/m1/s1. The van der Waals surface area contributed by atoms with Crippen molar-refractivity contribution in [2.24, 2.45) is 5.73 Å². The lowest BCUT2D eigenvalue weighted by atomic mass is 10.1. The van der Waals surface area contributed by atoms with E-state index in [0.717, 1.165) is 13.1 Å². The number of rotatable bonds is 5. The zero-order chi connectivity index (χ0) is 15.4. The van der Waals surface area contributed by atoms with Crippen LogP contribution < -0.4 is 10.5 Å². The van der Waals surface area contributed by atoms with E-state index >= 15 is 0 Å². The van der Waals surface area contributed by atoms with Crippen LogP contribution in [0, 0.1) is 5.82 Å². The molecule has 1 saturated heterocycles. The van der Waals surface area contributed by atoms with Crippen molar-refractivity contribution in [3.8, 4) is 5.75 Å². The second kappa shape index (κ2) is 7.20. The van der Waals surface area contributed by atoms with Gasteiger partial charge in [0.25, 0.3) is 0 Å². The van der Waals surface area contributed by atoms with Crippen LogP contribution in [0.4, 0.5) is 4.39 Å². The van der Waals surface area contributed by atoms with Gasteiger partial charge in [-0.1, -0.05) is 6.07 Å². The molecule has 0 spiro atoms. The third kappa shape index (κ3) is 4.40. The van der Waals surface area contributed by atoms with Gasteiger partial charge in [-0.05, 0) is 26.8 Å². The lowest BCUT2D eigenvalue weighted by Crippen LogP contribution is -2.47. The van der Waals surface area contributed by atoms with Crippen molar-refractivity contribution < 1.29 is 13.9 Å².